The molecule has 5 nitrogen and oxygen atoms in total. The van der Waals surface area contributed by atoms with Crippen LogP contribution in [0.5, 0.6) is 0 Å². The van der Waals surface area contributed by atoms with Gasteiger partial charge in [0.25, 0.3) is 0 Å². The summed E-state index contributed by atoms with van der Waals surface area (Å²) in [6, 6.07) is 15.5. The lowest BCUT2D eigenvalue weighted by atomic mass is 9.77. The van der Waals surface area contributed by atoms with E-state index in [0.29, 0.717) is 22.7 Å². The predicted molar refractivity (Wildman–Crippen MR) is 114 cm³/mol. The molecule has 1 aliphatic rings. The van der Waals surface area contributed by atoms with E-state index in [0.717, 1.165) is 43.5 Å². The number of carbonyl (C=O) groups is 1. The number of amidine groups is 1. The summed E-state index contributed by atoms with van der Waals surface area (Å²) in [5, 5.41) is 19.5. The molecule has 1 amide bonds. The van der Waals surface area contributed by atoms with Gasteiger partial charge < -0.3 is 15.8 Å². The van der Waals surface area contributed by atoms with Crippen molar-refractivity contribution in [2.24, 2.45) is 11.1 Å². The Labute approximate surface area is 170 Å². The Morgan fingerprint density at radius 1 is 1.00 bits per heavy atom. The minimum Gasteiger partial charge on any atom is -0.409 e. The number of hydrogen-bond acceptors (Lipinski definition) is 3. The SMILES string of the molecule is CC(=O)Nc1ccc([C@H]2CC[C@@H](C/C(=N/O)Nc3ccc(Cl)cc3)CC2)cc1. The molecule has 0 radical (unpaired) electrons. The van der Waals surface area contributed by atoms with E-state index in [4.69, 9.17) is 11.6 Å². The van der Waals surface area contributed by atoms with Crippen LogP contribution in [-0.2, 0) is 4.79 Å². The number of rotatable bonds is 5. The summed E-state index contributed by atoms with van der Waals surface area (Å²) >= 11 is 5.91. The van der Waals surface area contributed by atoms with E-state index in [1.54, 1.807) is 12.1 Å². The van der Waals surface area contributed by atoms with Crippen LogP contribution in [0.3, 0.4) is 0 Å². The van der Waals surface area contributed by atoms with Crippen molar-refractivity contribution < 1.29 is 10.0 Å². The van der Waals surface area contributed by atoms with Crippen molar-refractivity contribution in [1.29, 1.82) is 0 Å². The van der Waals surface area contributed by atoms with Gasteiger partial charge in [-0.2, -0.15) is 0 Å². The third kappa shape index (κ3) is 5.73. The van der Waals surface area contributed by atoms with Crippen molar-refractivity contribution in [3.63, 3.8) is 0 Å². The third-order valence-electron chi connectivity index (χ3n) is 5.28. The maximum absolute atomic E-state index is 11.1. The van der Waals surface area contributed by atoms with Gasteiger partial charge in [-0.1, -0.05) is 28.9 Å². The summed E-state index contributed by atoms with van der Waals surface area (Å²) in [7, 11) is 0. The van der Waals surface area contributed by atoms with Crippen LogP contribution in [0.15, 0.2) is 53.7 Å². The third-order valence-corrected chi connectivity index (χ3v) is 5.54. The average Bonchev–Trinajstić information content (AvgIpc) is 2.70. The van der Waals surface area contributed by atoms with Crippen molar-refractivity contribution in [3.8, 4) is 0 Å². The summed E-state index contributed by atoms with van der Waals surface area (Å²) in [5.41, 5.74) is 3.02. The molecule has 0 heterocycles. The maximum Gasteiger partial charge on any atom is 0.221 e. The molecule has 0 unspecified atom stereocenters. The van der Waals surface area contributed by atoms with Gasteiger partial charge in [0, 0.05) is 29.7 Å². The fraction of sp³-hybridized carbons (Fsp3) is 0.364. The molecule has 6 heteroatoms. The van der Waals surface area contributed by atoms with E-state index in [9.17, 15) is 10.0 Å². The van der Waals surface area contributed by atoms with Crippen molar-refractivity contribution in [3.05, 3.63) is 59.1 Å². The van der Waals surface area contributed by atoms with Crippen LogP contribution in [0.2, 0.25) is 5.02 Å². The van der Waals surface area contributed by atoms with E-state index < -0.39 is 0 Å². The molecule has 1 saturated carbocycles. The number of carbonyl (C=O) groups excluding carboxylic acids is 1. The highest BCUT2D eigenvalue weighted by Crippen LogP contribution is 2.37. The topological polar surface area (TPSA) is 73.7 Å². The Hall–Kier alpha value is -2.53. The van der Waals surface area contributed by atoms with Gasteiger partial charge in [-0.05, 0) is 79.5 Å². The quantitative estimate of drug-likeness (QED) is 0.255. The molecule has 1 fully saturated rings. The van der Waals surface area contributed by atoms with Crippen molar-refractivity contribution >= 4 is 34.7 Å². The highest BCUT2D eigenvalue weighted by molar-refractivity contribution is 6.30. The fourth-order valence-electron chi connectivity index (χ4n) is 3.83. The van der Waals surface area contributed by atoms with E-state index in [-0.39, 0.29) is 5.91 Å². The zero-order valence-electron chi connectivity index (χ0n) is 16.0. The molecule has 28 heavy (non-hydrogen) atoms. The monoisotopic (exact) mass is 399 g/mol. The molecule has 3 N–H and O–H groups in total. The van der Waals surface area contributed by atoms with Gasteiger partial charge in [-0.3, -0.25) is 4.79 Å². The van der Waals surface area contributed by atoms with Crippen LogP contribution >= 0.6 is 11.6 Å². The Morgan fingerprint density at radius 2 is 1.57 bits per heavy atom. The van der Waals surface area contributed by atoms with Gasteiger partial charge in [0.05, 0.1) is 0 Å². The minimum absolute atomic E-state index is 0.0539. The van der Waals surface area contributed by atoms with E-state index in [1.807, 2.05) is 24.3 Å². The van der Waals surface area contributed by atoms with Gasteiger partial charge >= 0.3 is 0 Å². The Kier molecular flexibility index (Phi) is 6.93. The summed E-state index contributed by atoms with van der Waals surface area (Å²) in [4.78, 5) is 11.1. The summed E-state index contributed by atoms with van der Waals surface area (Å²) in [5.74, 6) is 1.58. The number of oxime groups is 1. The van der Waals surface area contributed by atoms with Crippen molar-refractivity contribution in [2.45, 2.75) is 44.9 Å². The first-order valence-corrected chi connectivity index (χ1v) is 10.0. The highest BCUT2D eigenvalue weighted by Gasteiger charge is 2.23. The molecule has 0 aromatic heterocycles. The molecular weight excluding hydrogens is 374 g/mol. The molecule has 3 rings (SSSR count). The van der Waals surface area contributed by atoms with E-state index >= 15 is 0 Å². The standard InChI is InChI=1S/C22H26ClN3O2/c1-15(27)24-20-10-6-18(7-11-20)17-4-2-16(3-5-17)14-22(26-28)25-21-12-8-19(23)9-13-21/h6-13,16-17,28H,2-5,14H2,1H3,(H,24,27)(H,25,26)/t16-,17+. The van der Waals surface area contributed by atoms with Gasteiger partial charge in [0.1, 0.15) is 5.84 Å². The molecule has 1 aliphatic carbocycles. The summed E-state index contributed by atoms with van der Waals surface area (Å²) in [6.45, 7) is 1.51. The first-order valence-electron chi connectivity index (χ1n) is 9.64. The Balaban J connectivity index is 1.50. The number of nitrogens with one attached hydrogen (secondary N) is 2. The van der Waals surface area contributed by atoms with Gasteiger partial charge in [-0.25, -0.2) is 0 Å². The highest BCUT2D eigenvalue weighted by atomic mass is 35.5. The van der Waals surface area contributed by atoms with Crippen molar-refractivity contribution in [2.75, 3.05) is 10.6 Å². The number of halogens is 1. The molecule has 0 saturated heterocycles. The molecule has 2 aromatic carbocycles. The molecule has 0 aliphatic heterocycles. The maximum atomic E-state index is 11.1. The van der Waals surface area contributed by atoms with Crippen LogP contribution in [0, 0.1) is 5.92 Å². The number of benzene rings is 2. The number of anilines is 2. The second-order valence-electron chi connectivity index (χ2n) is 7.40. The first kappa shape index (κ1) is 20.2. The largest absolute Gasteiger partial charge is 0.409 e. The summed E-state index contributed by atoms with van der Waals surface area (Å²) in [6.07, 6.45) is 5.15. The predicted octanol–water partition coefficient (Wildman–Crippen LogP) is 5.86. The lowest BCUT2D eigenvalue weighted by molar-refractivity contribution is -0.114. The molecule has 0 bridgehead atoms. The lowest BCUT2D eigenvalue weighted by Gasteiger charge is -2.29. The van der Waals surface area contributed by atoms with Crippen LogP contribution in [-0.4, -0.2) is 17.0 Å². The molecule has 0 spiro atoms. The zero-order valence-corrected chi connectivity index (χ0v) is 16.7. The first-order chi connectivity index (χ1) is 13.5. The van der Waals surface area contributed by atoms with Gasteiger partial charge in [-0.15, -0.1) is 0 Å². The molecule has 148 valence electrons. The van der Waals surface area contributed by atoms with Crippen LogP contribution in [0.4, 0.5) is 11.4 Å². The second-order valence-corrected chi connectivity index (χ2v) is 7.84. The molecule has 2 aromatic rings. The van der Waals surface area contributed by atoms with Gasteiger partial charge in [0.2, 0.25) is 5.91 Å². The zero-order chi connectivity index (χ0) is 19.9. The number of amides is 1. The summed E-state index contributed by atoms with van der Waals surface area (Å²) < 4.78 is 0. The minimum atomic E-state index is -0.0539. The van der Waals surface area contributed by atoms with Crippen LogP contribution < -0.4 is 10.6 Å². The average molecular weight is 400 g/mol. The van der Waals surface area contributed by atoms with Crippen LogP contribution in [0.1, 0.15) is 50.5 Å². The van der Waals surface area contributed by atoms with E-state index in [1.165, 1.54) is 12.5 Å². The van der Waals surface area contributed by atoms with Crippen LogP contribution in [0.25, 0.3) is 0 Å². The Morgan fingerprint density at radius 3 is 2.14 bits per heavy atom. The Bertz CT molecular complexity index is 811. The fourth-order valence-corrected chi connectivity index (χ4v) is 3.96. The normalized spacial score (nSPS) is 19.9. The second kappa shape index (κ2) is 9.60. The van der Waals surface area contributed by atoms with Gasteiger partial charge in [0.15, 0.2) is 0 Å². The number of hydrogen-bond donors (Lipinski definition) is 3. The van der Waals surface area contributed by atoms with E-state index in [2.05, 4.69) is 27.9 Å². The lowest BCUT2D eigenvalue weighted by Crippen LogP contribution is -2.21. The molecular formula is C22H26ClN3O2. The molecule has 0 atom stereocenters. The number of nitrogens with zero attached hydrogens (tertiary/aromatic N) is 1. The smallest absolute Gasteiger partial charge is 0.221 e. The van der Waals surface area contributed by atoms with Crippen molar-refractivity contribution in [1.82, 2.24) is 0 Å².